The van der Waals surface area contributed by atoms with Crippen molar-refractivity contribution < 1.29 is 24.3 Å². The Morgan fingerprint density at radius 1 is 1.09 bits per heavy atom. The fraction of sp³-hybridized carbons (Fsp3) is 0.217. The Morgan fingerprint density at radius 2 is 1.81 bits per heavy atom. The number of amides is 3. The lowest BCUT2D eigenvalue weighted by Crippen LogP contribution is -2.58. The Balaban J connectivity index is 1.66. The molecule has 0 unspecified atom stereocenters. The van der Waals surface area contributed by atoms with Crippen LogP contribution in [0.15, 0.2) is 60.8 Å². The molecule has 32 heavy (non-hydrogen) atoms. The van der Waals surface area contributed by atoms with Gasteiger partial charge < -0.3 is 15.4 Å². The first-order chi connectivity index (χ1) is 15.4. The smallest absolute Gasteiger partial charge is 0.328 e. The van der Waals surface area contributed by atoms with E-state index in [2.05, 4.69) is 15.7 Å². The van der Waals surface area contributed by atoms with Crippen LogP contribution in [0.2, 0.25) is 0 Å². The number of fused-ring (bicyclic) bond motifs is 1. The number of H-pyrrole nitrogens is 1. The number of benzene rings is 2. The van der Waals surface area contributed by atoms with Gasteiger partial charge in [0.05, 0.1) is 0 Å². The molecule has 2 atom stereocenters. The summed E-state index contributed by atoms with van der Waals surface area (Å²) in [4.78, 5) is 52.9. The van der Waals surface area contributed by atoms with Gasteiger partial charge in [-0.15, -0.1) is 0 Å². The molecule has 9 heteroatoms. The lowest BCUT2D eigenvalue weighted by atomic mass is 10.0. The number of rotatable bonds is 6. The zero-order chi connectivity index (χ0) is 22.7. The number of nitrogens with zero attached hydrogens (tertiary/aromatic N) is 1. The minimum Gasteiger partial charge on any atom is -0.480 e. The van der Waals surface area contributed by atoms with Crippen LogP contribution in [0.1, 0.15) is 28.8 Å². The Hall–Kier alpha value is -4.14. The molecule has 0 radical (unpaired) electrons. The number of hydrogen-bond donors (Lipinski definition) is 4. The molecule has 0 bridgehead atoms. The average molecular weight is 434 g/mol. The predicted molar refractivity (Wildman–Crippen MR) is 115 cm³/mol. The highest BCUT2D eigenvalue weighted by atomic mass is 16.4. The van der Waals surface area contributed by atoms with Crippen LogP contribution in [-0.4, -0.2) is 50.9 Å². The number of nitrogens with one attached hydrogen (secondary N) is 3. The number of carboxylic acid groups (broad SMARTS) is 1. The molecule has 164 valence electrons. The number of carbonyl (C=O) groups is 4. The molecular formula is C23H22N4O5. The van der Waals surface area contributed by atoms with Crippen molar-refractivity contribution >= 4 is 34.6 Å². The monoisotopic (exact) mass is 434 g/mol. The molecule has 1 fully saturated rings. The number of hydrogen-bond acceptors (Lipinski definition) is 4. The standard InChI is InChI=1S/C23H22N4O5/c28-20-11-10-18(25-20)21(29)26-27(22(30)14-6-2-1-3-7-14)19(23(31)32)12-15-13-24-17-9-5-4-8-16(15)17/h1-9,13,18-19,24H,10-12H2,(H,25,28)(H,26,29)(H,31,32)/t18-,19-/m0/s1. The van der Waals surface area contributed by atoms with E-state index in [1.807, 2.05) is 24.3 Å². The van der Waals surface area contributed by atoms with Gasteiger partial charge in [0.25, 0.3) is 11.8 Å². The highest BCUT2D eigenvalue weighted by Gasteiger charge is 2.36. The largest absolute Gasteiger partial charge is 0.480 e. The summed E-state index contributed by atoms with van der Waals surface area (Å²) in [5.74, 6) is -2.82. The zero-order valence-electron chi connectivity index (χ0n) is 17.1. The summed E-state index contributed by atoms with van der Waals surface area (Å²) in [5.41, 5.74) is 4.22. The van der Waals surface area contributed by atoms with Crippen LogP contribution in [0, 0.1) is 0 Å². The first-order valence-electron chi connectivity index (χ1n) is 10.2. The molecule has 4 N–H and O–H groups in total. The highest BCUT2D eigenvalue weighted by Crippen LogP contribution is 2.21. The zero-order valence-corrected chi connectivity index (χ0v) is 17.1. The maximum absolute atomic E-state index is 13.3. The molecule has 1 saturated heterocycles. The summed E-state index contributed by atoms with van der Waals surface area (Å²) in [7, 11) is 0. The normalized spacial score (nSPS) is 16.4. The molecule has 1 aromatic heterocycles. The van der Waals surface area contributed by atoms with Gasteiger partial charge >= 0.3 is 5.97 Å². The first-order valence-corrected chi connectivity index (χ1v) is 10.2. The van der Waals surface area contributed by atoms with Crippen molar-refractivity contribution in [3.8, 4) is 0 Å². The Kier molecular flexibility index (Phi) is 5.89. The number of hydrazine groups is 1. The fourth-order valence-corrected chi connectivity index (χ4v) is 3.80. The number of aromatic nitrogens is 1. The van der Waals surface area contributed by atoms with Gasteiger partial charge in [0.15, 0.2) is 6.04 Å². The van der Waals surface area contributed by atoms with Crippen molar-refractivity contribution in [3.63, 3.8) is 0 Å². The number of aromatic amines is 1. The summed E-state index contributed by atoms with van der Waals surface area (Å²) in [6, 6.07) is 13.4. The van der Waals surface area contributed by atoms with Crippen LogP contribution < -0.4 is 10.7 Å². The van der Waals surface area contributed by atoms with E-state index >= 15 is 0 Å². The molecule has 0 aliphatic carbocycles. The molecule has 3 aromatic rings. The third kappa shape index (κ3) is 4.31. The topological polar surface area (TPSA) is 132 Å². The van der Waals surface area contributed by atoms with Gasteiger partial charge in [-0.1, -0.05) is 36.4 Å². The number of carboxylic acids is 1. The molecule has 2 aromatic carbocycles. The van der Waals surface area contributed by atoms with Gasteiger partial charge in [0.1, 0.15) is 6.04 Å². The van der Waals surface area contributed by atoms with Crippen molar-refractivity contribution in [1.82, 2.24) is 20.7 Å². The van der Waals surface area contributed by atoms with Crippen LogP contribution in [0.4, 0.5) is 0 Å². The van der Waals surface area contributed by atoms with Crippen LogP contribution in [0.5, 0.6) is 0 Å². The molecule has 2 heterocycles. The predicted octanol–water partition coefficient (Wildman–Crippen LogP) is 1.62. The Bertz CT molecular complexity index is 1170. The van der Waals surface area contributed by atoms with Crippen molar-refractivity contribution in [3.05, 3.63) is 71.9 Å². The SMILES string of the molecule is O=C1CC[C@@H](C(=O)NN(C(=O)c2ccccc2)[C@@H](Cc2c[nH]c3ccccc23)C(=O)O)N1. The highest BCUT2D eigenvalue weighted by molar-refractivity contribution is 5.99. The summed E-state index contributed by atoms with van der Waals surface area (Å²) in [6.45, 7) is 0. The minimum absolute atomic E-state index is 0.0325. The maximum Gasteiger partial charge on any atom is 0.328 e. The molecular weight excluding hydrogens is 412 g/mol. The third-order valence-electron chi connectivity index (χ3n) is 5.47. The van der Waals surface area contributed by atoms with Gasteiger partial charge in [0, 0.05) is 35.5 Å². The molecule has 0 spiro atoms. The van der Waals surface area contributed by atoms with Gasteiger partial charge in [-0.3, -0.25) is 19.8 Å². The second-order valence-corrected chi connectivity index (χ2v) is 7.59. The number of aliphatic carboxylic acids is 1. The molecule has 3 amide bonds. The van der Waals surface area contributed by atoms with E-state index in [1.54, 1.807) is 36.5 Å². The van der Waals surface area contributed by atoms with Crippen molar-refractivity contribution in [2.45, 2.75) is 31.3 Å². The van der Waals surface area contributed by atoms with E-state index in [4.69, 9.17) is 0 Å². The van der Waals surface area contributed by atoms with Crippen molar-refractivity contribution in [1.29, 1.82) is 0 Å². The average Bonchev–Trinajstić information content (AvgIpc) is 3.42. The van der Waals surface area contributed by atoms with Crippen LogP contribution in [-0.2, 0) is 20.8 Å². The van der Waals surface area contributed by atoms with Crippen LogP contribution >= 0.6 is 0 Å². The van der Waals surface area contributed by atoms with Crippen LogP contribution in [0.25, 0.3) is 10.9 Å². The second-order valence-electron chi connectivity index (χ2n) is 7.59. The maximum atomic E-state index is 13.3. The van der Waals surface area contributed by atoms with E-state index in [9.17, 15) is 24.3 Å². The molecule has 9 nitrogen and oxygen atoms in total. The third-order valence-corrected chi connectivity index (χ3v) is 5.47. The lowest BCUT2D eigenvalue weighted by Gasteiger charge is -2.30. The fourth-order valence-electron chi connectivity index (χ4n) is 3.80. The van der Waals surface area contributed by atoms with E-state index in [1.165, 1.54) is 0 Å². The summed E-state index contributed by atoms with van der Waals surface area (Å²) in [5, 5.41) is 14.2. The van der Waals surface area contributed by atoms with E-state index in [-0.39, 0.29) is 30.7 Å². The number of para-hydroxylation sites is 1. The summed E-state index contributed by atoms with van der Waals surface area (Å²) < 4.78 is 0. The molecule has 4 rings (SSSR count). The van der Waals surface area contributed by atoms with E-state index in [0.29, 0.717) is 5.56 Å². The lowest BCUT2D eigenvalue weighted by molar-refractivity contribution is -0.145. The van der Waals surface area contributed by atoms with E-state index < -0.39 is 29.9 Å². The van der Waals surface area contributed by atoms with Gasteiger partial charge in [-0.2, -0.15) is 0 Å². The van der Waals surface area contributed by atoms with Crippen LogP contribution in [0.3, 0.4) is 0 Å². The van der Waals surface area contributed by atoms with Crippen molar-refractivity contribution in [2.75, 3.05) is 0 Å². The van der Waals surface area contributed by atoms with Crippen molar-refractivity contribution in [2.24, 2.45) is 0 Å². The quantitative estimate of drug-likeness (QED) is 0.438. The molecule has 1 aliphatic rings. The summed E-state index contributed by atoms with van der Waals surface area (Å²) >= 11 is 0. The second kappa shape index (κ2) is 8.93. The van der Waals surface area contributed by atoms with Gasteiger partial charge in [-0.05, 0) is 30.2 Å². The van der Waals surface area contributed by atoms with Gasteiger partial charge in [-0.25, -0.2) is 9.80 Å². The molecule has 0 saturated carbocycles. The number of carbonyl (C=O) groups excluding carboxylic acids is 3. The minimum atomic E-state index is -1.37. The Labute approximate surface area is 183 Å². The molecule has 1 aliphatic heterocycles. The Morgan fingerprint density at radius 3 is 2.50 bits per heavy atom. The van der Waals surface area contributed by atoms with E-state index in [0.717, 1.165) is 15.9 Å². The van der Waals surface area contributed by atoms with Gasteiger partial charge in [0.2, 0.25) is 5.91 Å². The summed E-state index contributed by atoms with van der Waals surface area (Å²) in [6.07, 6.45) is 2.14. The first kappa shape index (κ1) is 21.1.